The lowest BCUT2D eigenvalue weighted by Crippen LogP contribution is -2.44. The van der Waals surface area contributed by atoms with Crippen LogP contribution < -0.4 is 5.32 Å². The standard InChI is InChI=1S/C16H31NO/c1-3-11-17-15(12-13-7-5-6-8-13)16(18-4-2)14-9-10-14/h13-17H,3-12H2,1-2H3. The van der Waals surface area contributed by atoms with E-state index in [1.807, 2.05) is 0 Å². The van der Waals surface area contributed by atoms with Crippen molar-refractivity contribution in [3.63, 3.8) is 0 Å². The first-order valence-corrected chi connectivity index (χ1v) is 8.20. The Morgan fingerprint density at radius 2 is 1.83 bits per heavy atom. The van der Waals surface area contributed by atoms with E-state index in [2.05, 4.69) is 19.2 Å². The minimum atomic E-state index is 0.488. The summed E-state index contributed by atoms with van der Waals surface area (Å²) >= 11 is 0. The molecule has 2 saturated carbocycles. The molecule has 2 rings (SSSR count). The molecular formula is C16H31NO. The molecule has 18 heavy (non-hydrogen) atoms. The SMILES string of the molecule is CCCNC(CC1CCCC1)C(OCC)C1CC1. The van der Waals surface area contributed by atoms with Crippen LogP contribution in [-0.4, -0.2) is 25.3 Å². The van der Waals surface area contributed by atoms with Crippen molar-refractivity contribution in [1.82, 2.24) is 5.32 Å². The summed E-state index contributed by atoms with van der Waals surface area (Å²) < 4.78 is 6.07. The van der Waals surface area contributed by atoms with Gasteiger partial charge in [0.15, 0.2) is 0 Å². The summed E-state index contributed by atoms with van der Waals surface area (Å²) in [5.74, 6) is 1.81. The molecule has 0 amide bonds. The molecule has 2 unspecified atom stereocenters. The van der Waals surface area contributed by atoms with Crippen molar-refractivity contribution >= 4 is 0 Å². The van der Waals surface area contributed by atoms with Crippen molar-refractivity contribution in [3.8, 4) is 0 Å². The third kappa shape index (κ3) is 4.24. The van der Waals surface area contributed by atoms with Gasteiger partial charge in [-0.15, -0.1) is 0 Å². The van der Waals surface area contributed by atoms with Gasteiger partial charge < -0.3 is 10.1 Å². The molecule has 0 saturated heterocycles. The fraction of sp³-hybridized carbons (Fsp3) is 1.00. The Labute approximate surface area is 113 Å². The van der Waals surface area contributed by atoms with Crippen LogP contribution in [0.25, 0.3) is 0 Å². The van der Waals surface area contributed by atoms with Crippen molar-refractivity contribution in [1.29, 1.82) is 0 Å². The van der Waals surface area contributed by atoms with Crippen molar-refractivity contribution in [2.24, 2.45) is 11.8 Å². The third-order valence-corrected chi connectivity index (χ3v) is 4.56. The van der Waals surface area contributed by atoms with E-state index < -0.39 is 0 Å². The van der Waals surface area contributed by atoms with Crippen LogP contribution in [-0.2, 0) is 4.74 Å². The number of hydrogen-bond acceptors (Lipinski definition) is 2. The zero-order valence-corrected chi connectivity index (χ0v) is 12.3. The Bertz CT molecular complexity index is 221. The highest BCUT2D eigenvalue weighted by atomic mass is 16.5. The van der Waals surface area contributed by atoms with Gasteiger partial charge in [-0.1, -0.05) is 32.6 Å². The monoisotopic (exact) mass is 253 g/mol. The second-order valence-electron chi connectivity index (χ2n) is 6.20. The van der Waals surface area contributed by atoms with Crippen LogP contribution in [0.15, 0.2) is 0 Å². The first-order chi connectivity index (χ1) is 8.85. The van der Waals surface area contributed by atoms with Gasteiger partial charge in [-0.05, 0) is 51.0 Å². The topological polar surface area (TPSA) is 21.3 Å². The summed E-state index contributed by atoms with van der Waals surface area (Å²) in [6.07, 6.45) is 11.6. The highest BCUT2D eigenvalue weighted by Crippen LogP contribution is 2.38. The normalized spacial score (nSPS) is 24.3. The molecule has 2 nitrogen and oxygen atoms in total. The van der Waals surface area contributed by atoms with E-state index in [0.717, 1.165) is 25.0 Å². The lowest BCUT2D eigenvalue weighted by molar-refractivity contribution is 0.0130. The Hall–Kier alpha value is -0.0800. The molecule has 1 N–H and O–H groups in total. The Balaban J connectivity index is 1.87. The first kappa shape index (κ1) is 14.3. The highest BCUT2D eigenvalue weighted by molar-refractivity contribution is 4.92. The molecule has 0 aliphatic heterocycles. The summed E-state index contributed by atoms with van der Waals surface area (Å²) in [4.78, 5) is 0. The van der Waals surface area contributed by atoms with E-state index in [1.54, 1.807) is 0 Å². The van der Waals surface area contributed by atoms with Crippen molar-refractivity contribution < 1.29 is 4.74 Å². The van der Waals surface area contributed by atoms with Crippen molar-refractivity contribution in [2.75, 3.05) is 13.2 Å². The molecule has 2 aliphatic rings. The molecule has 0 bridgehead atoms. The average molecular weight is 253 g/mol. The molecule has 0 aromatic heterocycles. The summed E-state index contributed by atoms with van der Waals surface area (Å²) in [6, 6.07) is 0.612. The predicted molar refractivity (Wildman–Crippen MR) is 76.8 cm³/mol. The van der Waals surface area contributed by atoms with E-state index in [0.29, 0.717) is 12.1 Å². The quantitative estimate of drug-likeness (QED) is 0.675. The van der Waals surface area contributed by atoms with Gasteiger partial charge in [0.2, 0.25) is 0 Å². The lowest BCUT2D eigenvalue weighted by atomic mass is 9.93. The number of nitrogens with one attached hydrogen (secondary N) is 1. The van der Waals surface area contributed by atoms with E-state index in [-0.39, 0.29) is 0 Å². The Kier molecular flexibility index (Phi) is 5.97. The van der Waals surface area contributed by atoms with Gasteiger partial charge in [-0.2, -0.15) is 0 Å². The molecule has 0 aromatic rings. The van der Waals surface area contributed by atoms with Crippen LogP contribution >= 0.6 is 0 Å². The molecule has 2 aliphatic carbocycles. The summed E-state index contributed by atoms with van der Waals surface area (Å²) in [7, 11) is 0. The maximum absolute atomic E-state index is 6.07. The maximum Gasteiger partial charge on any atom is 0.0756 e. The zero-order valence-electron chi connectivity index (χ0n) is 12.3. The second kappa shape index (κ2) is 7.49. The fourth-order valence-corrected chi connectivity index (χ4v) is 3.47. The van der Waals surface area contributed by atoms with Crippen molar-refractivity contribution in [2.45, 2.75) is 77.4 Å². The fourth-order valence-electron chi connectivity index (χ4n) is 3.47. The Morgan fingerprint density at radius 1 is 1.11 bits per heavy atom. The van der Waals surface area contributed by atoms with E-state index in [4.69, 9.17) is 4.74 Å². The van der Waals surface area contributed by atoms with E-state index >= 15 is 0 Å². The molecule has 2 heteroatoms. The summed E-state index contributed by atoms with van der Waals surface area (Å²) in [5, 5.41) is 3.78. The van der Waals surface area contributed by atoms with Gasteiger partial charge in [0, 0.05) is 12.6 Å². The highest BCUT2D eigenvalue weighted by Gasteiger charge is 2.38. The summed E-state index contributed by atoms with van der Waals surface area (Å²) in [5.41, 5.74) is 0. The largest absolute Gasteiger partial charge is 0.377 e. The second-order valence-corrected chi connectivity index (χ2v) is 6.20. The van der Waals surface area contributed by atoms with Crippen LogP contribution in [0.1, 0.15) is 65.2 Å². The molecule has 2 atom stereocenters. The van der Waals surface area contributed by atoms with Gasteiger partial charge in [0.25, 0.3) is 0 Å². The Morgan fingerprint density at radius 3 is 2.39 bits per heavy atom. The van der Waals surface area contributed by atoms with Crippen molar-refractivity contribution in [3.05, 3.63) is 0 Å². The molecular weight excluding hydrogens is 222 g/mol. The van der Waals surface area contributed by atoms with Gasteiger partial charge in [-0.25, -0.2) is 0 Å². The minimum Gasteiger partial charge on any atom is -0.377 e. The van der Waals surface area contributed by atoms with Crippen LogP contribution in [0.4, 0.5) is 0 Å². The number of hydrogen-bond donors (Lipinski definition) is 1. The van der Waals surface area contributed by atoms with Gasteiger partial charge in [-0.3, -0.25) is 0 Å². The third-order valence-electron chi connectivity index (χ3n) is 4.56. The predicted octanol–water partition coefficient (Wildman–Crippen LogP) is 3.75. The first-order valence-electron chi connectivity index (χ1n) is 8.20. The lowest BCUT2D eigenvalue weighted by Gasteiger charge is -2.30. The van der Waals surface area contributed by atoms with Gasteiger partial charge >= 0.3 is 0 Å². The average Bonchev–Trinajstić information content (AvgIpc) is 3.09. The smallest absolute Gasteiger partial charge is 0.0756 e. The molecule has 2 fully saturated rings. The molecule has 0 radical (unpaired) electrons. The van der Waals surface area contributed by atoms with Crippen LogP contribution in [0.5, 0.6) is 0 Å². The molecule has 0 heterocycles. The van der Waals surface area contributed by atoms with Crippen LogP contribution in [0, 0.1) is 11.8 Å². The summed E-state index contributed by atoms with van der Waals surface area (Å²) in [6.45, 7) is 6.41. The molecule has 0 aromatic carbocycles. The van der Waals surface area contributed by atoms with Crippen LogP contribution in [0.3, 0.4) is 0 Å². The minimum absolute atomic E-state index is 0.488. The molecule has 0 spiro atoms. The zero-order chi connectivity index (χ0) is 12.8. The van der Waals surface area contributed by atoms with E-state index in [9.17, 15) is 0 Å². The van der Waals surface area contributed by atoms with Gasteiger partial charge in [0.1, 0.15) is 0 Å². The molecule has 106 valence electrons. The number of rotatable bonds is 9. The maximum atomic E-state index is 6.07. The van der Waals surface area contributed by atoms with Crippen LogP contribution in [0.2, 0.25) is 0 Å². The number of ether oxygens (including phenoxy) is 1. The van der Waals surface area contributed by atoms with Gasteiger partial charge in [0.05, 0.1) is 6.10 Å². The van der Waals surface area contributed by atoms with E-state index in [1.165, 1.54) is 51.4 Å².